The molecule has 0 radical (unpaired) electrons. The number of nitrogens with zero attached hydrogens (tertiary/aromatic N) is 4. The Kier molecular flexibility index (Phi) is 4.60. The zero-order valence-electron chi connectivity index (χ0n) is 14.1. The number of hydrogen-bond donors (Lipinski definition) is 1. The number of benzene rings is 1. The standard InChI is InChI=1S/C17H17N5O3/c1-11-18-6-7-22(11)17-19-9-13(10-20-17)21-16(23)12-4-5-14(24-2)15(8-12)25-3/h4-10H,1-3H3,(H,21,23). The van der Waals surface area contributed by atoms with Crippen molar-refractivity contribution in [1.82, 2.24) is 19.5 Å². The van der Waals surface area contributed by atoms with Crippen LogP contribution in [0, 0.1) is 6.92 Å². The van der Waals surface area contributed by atoms with Crippen LogP contribution in [-0.2, 0) is 0 Å². The molecule has 2 aromatic heterocycles. The van der Waals surface area contributed by atoms with E-state index in [2.05, 4.69) is 20.3 Å². The van der Waals surface area contributed by atoms with Crippen molar-refractivity contribution in [2.75, 3.05) is 19.5 Å². The van der Waals surface area contributed by atoms with Gasteiger partial charge in [-0.15, -0.1) is 0 Å². The number of carbonyl (C=O) groups excluding carboxylic acids is 1. The van der Waals surface area contributed by atoms with Crippen molar-refractivity contribution in [3.63, 3.8) is 0 Å². The first-order valence-corrected chi connectivity index (χ1v) is 7.48. The first kappa shape index (κ1) is 16.4. The Morgan fingerprint density at radius 3 is 2.40 bits per heavy atom. The predicted molar refractivity (Wildman–Crippen MR) is 91.4 cm³/mol. The minimum Gasteiger partial charge on any atom is -0.493 e. The lowest BCUT2D eigenvalue weighted by molar-refractivity contribution is 0.102. The molecule has 0 aliphatic carbocycles. The van der Waals surface area contributed by atoms with Crippen LogP contribution < -0.4 is 14.8 Å². The molecule has 0 fully saturated rings. The van der Waals surface area contributed by atoms with Crippen LogP contribution in [0.2, 0.25) is 0 Å². The molecule has 25 heavy (non-hydrogen) atoms. The number of carbonyl (C=O) groups is 1. The maximum atomic E-state index is 12.4. The lowest BCUT2D eigenvalue weighted by Crippen LogP contribution is -2.13. The lowest BCUT2D eigenvalue weighted by Gasteiger charge is -2.10. The van der Waals surface area contributed by atoms with Gasteiger partial charge in [0, 0.05) is 18.0 Å². The number of rotatable bonds is 5. The summed E-state index contributed by atoms with van der Waals surface area (Å²) in [6.45, 7) is 1.86. The molecule has 0 atom stereocenters. The average Bonchev–Trinajstić information content (AvgIpc) is 3.07. The summed E-state index contributed by atoms with van der Waals surface area (Å²) in [7, 11) is 3.06. The van der Waals surface area contributed by atoms with Crippen LogP contribution in [0.4, 0.5) is 5.69 Å². The number of imidazole rings is 1. The molecule has 1 amide bonds. The summed E-state index contributed by atoms with van der Waals surface area (Å²) in [5, 5.41) is 2.75. The second-order valence-electron chi connectivity index (χ2n) is 5.14. The van der Waals surface area contributed by atoms with Crippen LogP contribution >= 0.6 is 0 Å². The van der Waals surface area contributed by atoms with Gasteiger partial charge in [0.2, 0.25) is 5.95 Å². The molecule has 0 saturated carbocycles. The van der Waals surface area contributed by atoms with Crippen molar-refractivity contribution in [2.24, 2.45) is 0 Å². The highest BCUT2D eigenvalue weighted by atomic mass is 16.5. The molecule has 3 rings (SSSR count). The van der Waals surface area contributed by atoms with Crippen molar-refractivity contribution in [1.29, 1.82) is 0 Å². The fourth-order valence-corrected chi connectivity index (χ4v) is 2.28. The molecule has 1 aromatic carbocycles. The van der Waals surface area contributed by atoms with Gasteiger partial charge in [0.25, 0.3) is 5.91 Å². The molecule has 128 valence electrons. The van der Waals surface area contributed by atoms with Gasteiger partial charge in [-0.2, -0.15) is 0 Å². The molecule has 3 aromatic rings. The van der Waals surface area contributed by atoms with Crippen molar-refractivity contribution in [3.8, 4) is 17.4 Å². The van der Waals surface area contributed by atoms with E-state index in [1.165, 1.54) is 7.11 Å². The maximum Gasteiger partial charge on any atom is 0.255 e. The predicted octanol–water partition coefficient (Wildman–Crippen LogP) is 2.24. The number of aryl methyl sites for hydroxylation is 1. The highest BCUT2D eigenvalue weighted by Gasteiger charge is 2.12. The van der Waals surface area contributed by atoms with Crippen LogP contribution in [0.5, 0.6) is 11.5 Å². The van der Waals surface area contributed by atoms with Gasteiger partial charge in [-0.3, -0.25) is 9.36 Å². The number of amides is 1. The quantitative estimate of drug-likeness (QED) is 0.766. The van der Waals surface area contributed by atoms with Gasteiger partial charge in [0.1, 0.15) is 5.82 Å². The van der Waals surface area contributed by atoms with E-state index in [-0.39, 0.29) is 5.91 Å². The van der Waals surface area contributed by atoms with E-state index >= 15 is 0 Å². The molecular weight excluding hydrogens is 322 g/mol. The Morgan fingerprint density at radius 1 is 1.08 bits per heavy atom. The molecular formula is C17H17N5O3. The van der Waals surface area contributed by atoms with Crippen molar-refractivity contribution in [2.45, 2.75) is 6.92 Å². The third kappa shape index (κ3) is 3.42. The van der Waals surface area contributed by atoms with Gasteiger partial charge >= 0.3 is 0 Å². The summed E-state index contributed by atoms with van der Waals surface area (Å²) >= 11 is 0. The van der Waals surface area contributed by atoms with Gasteiger partial charge < -0.3 is 14.8 Å². The monoisotopic (exact) mass is 339 g/mol. The molecule has 2 heterocycles. The van der Waals surface area contributed by atoms with E-state index in [9.17, 15) is 4.79 Å². The first-order chi connectivity index (χ1) is 12.1. The highest BCUT2D eigenvalue weighted by molar-refractivity contribution is 6.04. The van der Waals surface area contributed by atoms with E-state index in [0.29, 0.717) is 28.7 Å². The van der Waals surface area contributed by atoms with E-state index in [0.717, 1.165) is 5.82 Å². The highest BCUT2D eigenvalue weighted by Crippen LogP contribution is 2.27. The Morgan fingerprint density at radius 2 is 1.80 bits per heavy atom. The van der Waals surface area contributed by atoms with Crippen LogP contribution in [-0.4, -0.2) is 39.6 Å². The van der Waals surface area contributed by atoms with Crippen LogP contribution in [0.1, 0.15) is 16.2 Å². The minimum atomic E-state index is -0.295. The summed E-state index contributed by atoms with van der Waals surface area (Å²) in [5.41, 5.74) is 0.925. The second-order valence-corrected chi connectivity index (χ2v) is 5.14. The number of hydrogen-bond acceptors (Lipinski definition) is 6. The molecule has 0 unspecified atom stereocenters. The SMILES string of the molecule is COc1ccc(C(=O)Nc2cnc(-n3ccnc3C)nc2)cc1OC. The van der Waals surface area contributed by atoms with Gasteiger partial charge in [0.05, 0.1) is 32.3 Å². The summed E-state index contributed by atoms with van der Waals surface area (Å²) in [6, 6.07) is 4.94. The van der Waals surface area contributed by atoms with Gasteiger partial charge in [-0.05, 0) is 25.1 Å². The van der Waals surface area contributed by atoms with Crippen LogP contribution in [0.3, 0.4) is 0 Å². The zero-order chi connectivity index (χ0) is 17.8. The Balaban J connectivity index is 1.76. The Bertz CT molecular complexity index is 890. The molecule has 8 nitrogen and oxygen atoms in total. The number of methoxy groups -OCH3 is 2. The van der Waals surface area contributed by atoms with Gasteiger partial charge in [0.15, 0.2) is 11.5 Å². The average molecular weight is 339 g/mol. The van der Waals surface area contributed by atoms with E-state index in [1.807, 2.05) is 6.92 Å². The lowest BCUT2D eigenvalue weighted by atomic mass is 10.2. The number of ether oxygens (including phenoxy) is 2. The van der Waals surface area contributed by atoms with E-state index < -0.39 is 0 Å². The van der Waals surface area contributed by atoms with Crippen molar-refractivity contribution < 1.29 is 14.3 Å². The Labute approximate surface area is 144 Å². The molecule has 8 heteroatoms. The molecule has 0 saturated heterocycles. The van der Waals surface area contributed by atoms with Crippen LogP contribution in [0.25, 0.3) is 5.95 Å². The molecule has 0 aliphatic rings. The second kappa shape index (κ2) is 7.00. The molecule has 0 bridgehead atoms. The minimum absolute atomic E-state index is 0.295. The number of aromatic nitrogens is 4. The third-order valence-corrected chi connectivity index (χ3v) is 3.58. The van der Waals surface area contributed by atoms with E-state index in [1.54, 1.807) is 54.7 Å². The van der Waals surface area contributed by atoms with Gasteiger partial charge in [-0.25, -0.2) is 15.0 Å². The topological polar surface area (TPSA) is 91.2 Å². The maximum absolute atomic E-state index is 12.4. The summed E-state index contributed by atoms with van der Waals surface area (Å²) in [6.07, 6.45) is 6.53. The fraction of sp³-hybridized carbons (Fsp3) is 0.176. The smallest absolute Gasteiger partial charge is 0.255 e. The first-order valence-electron chi connectivity index (χ1n) is 7.48. The van der Waals surface area contributed by atoms with Crippen molar-refractivity contribution >= 4 is 11.6 Å². The van der Waals surface area contributed by atoms with Crippen LogP contribution in [0.15, 0.2) is 43.0 Å². The zero-order valence-corrected chi connectivity index (χ0v) is 14.1. The Hall–Kier alpha value is -3.42. The summed E-state index contributed by atoms with van der Waals surface area (Å²) in [5.74, 6) is 2.01. The summed E-state index contributed by atoms with van der Waals surface area (Å²) in [4.78, 5) is 25.0. The third-order valence-electron chi connectivity index (χ3n) is 3.58. The fourth-order valence-electron chi connectivity index (χ4n) is 2.28. The largest absolute Gasteiger partial charge is 0.493 e. The number of nitrogens with one attached hydrogen (secondary N) is 1. The molecule has 1 N–H and O–H groups in total. The van der Waals surface area contributed by atoms with E-state index in [4.69, 9.17) is 9.47 Å². The molecule has 0 spiro atoms. The number of anilines is 1. The molecule has 0 aliphatic heterocycles. The normalized spacial score (nSPS) is 10.4. The van der Waals surface area contributed by atoms with Crippen molar-refractivity contribution in [3.05, 3.63) is 54.4 Å². The summed E-state index contributed by atoms with van der Waals surface area (Å²) < 4.78 is 12.1. The van der Waals surface area contributed by atoms with Gasteiger partial charge in [-0.1, -0.05) is 0 Å².